The van der Waals surface area contributed by atoms with Crippen LogP contribution in [0.5, 0.6) is 0 Å². The molecule has 1 amide bonds. The van der Waals surface area contributed by atoms with Crippen molar-refractivity contribution in [3.05, 3.63) is 64.1 Å². The zero-order valence-corrected chi connectivity index (χ0v) is 15.2. The Balaban J connectivity index is 1.83. The first kappa shape index (κ1) is 18.8. The normalized spacial score (nSPS) is 11.2. The summed E-state index contributed by atoms with van der Waals surface area (Å²) in [6.45, 7) is 0. The number of sulfone groups is 1. The Hall–Kier alpha value is -1.56. The number of nitrogens with one attached hydrogen (secondary N) is 1. The van der Waals surface area contributed by atoms with Gasteiger partial charge in [0.05, 0.1) is 27.2 Å². The minimum atomic E-state index is -3.25. The summed E-state index contributed by atoms with van der Waals surface area (Å²) in [5, 5.41) is 3.25. The Bertz CT molecular complexity index is 808. The van der Waals surface area contributed by atoms with Gasteiger partial charge >= 0.3 is 0 Å². The lowest BCUT2D eigenvalue weighted by Crippen LogP contribution is -2.15. The summed E-state index contributed by atoms with van der Waals surface area (Å²) in [6.07, 6.45) is 0.343. The molecule has 2 aromatic rings. The number of carbonyl (C=O) groups is 1. The first-order valence-corrected chi connectivity index (χ1v) is 9.93. The van der Waals surface area contributed by atoms with Gasteiger partial charge in [-0.3, -0.25) is 4.79 Å². The second-order valence-electron chi connectivity index (χ2n) is 5.33. The molecule has 128 valence electrons. The fourth-order valence-electron chi connectivity index (χ4n) is 2.17. The van der Waals surface area contributed by atoms with Crippen molar-refractivity contribution in [2.24, 2.45) is 0 Å². The first-order chi connectivity index (χ1) is 11.4. The minimum Gasteiger partial charge on any atom is -0.325 e. The van der Waals surface area contributed by atoms with Crippen LogP contribution in [0.15, 0.2) is 48.5 Å². The second-order valence-corrected chi connectivity index (χ2v) is 8.30. The molecule has 2 rings (SSSR count). The maximum absolute atomic E-state index is 12.1. The molecule has 0 aliphatic heterocycles. The first-order valence-electron chi connectivity index (χ1n) is 7.35. The van der Waals surface area contributed by atoms with Crippen molar-refractivity contribution < 1.29 is 13.2 Å². The molecule has 0 heterocycles. The number of amides is 1. The monoisotopic (exact) mass is 385 g/mol. The third-order valence-corrected chi connectivity index (χ3v) is 5.82. The molecule has 0 radical (unpaired) electrons. The molecule has 0 saturated heterocycles. The number of halogens is 2. The van der Waals surface area contributed by atoms with Crippen molar-refractivity contribution in [3.8, 4) is 0 Å². The molecular formula is C17H17Cl2NO3S. The summed E-state index contributed by atoms with van der Waals surface area (Å²) in [6, 6.07) is 13.9. The molecule has 7 heteroatoms. The van der Waals surface area contributed by atoms with Crippen molar-refractivity contribution in [2.45, 2.75) is 18.6 Å². The van der Waals surface area contributed by atoms with E-state index in [4.69, 9.17) is 23.2 Å². The molecule has 0 bridgehead atoms. The van der Waals surface area contributed by atoms with Gasteiger partial charge in [-0.1, -0.05) is 59.6 Å². The van der Waals surface area contributed by atoms with Gasteiger partial charge in [0.25, 0.3) is 0 Å². The van der Waals surface area contributed by atoms with E-state index in [1.165, 1.54) is 0 Å². The maximum Gasteiger partial charge on any atom is 0.224 e. The smallest absolute Gasteiger partial charge is 0.224 e. The largest absolute Gasteiger partial charge is 0.325 e. The minimum absolute atomic E-state index is 0.0183. The van der Waals surface area contributed by atoms with Crippen LogP contribution in [0.3, 0.4) is 0 Å². The van der Waals surface area contributed by atoms with Crippen LogP contribution in [0.25, 0.3) is 0 Å². The number of anilines is 1. The molecule has 0 aromatic heterocycles. The molecule has 0 fully saturated rings. The Kier molecular flexibility index (Phi) is 6.66. The summed E-state index contributed by atoms with van der Waals surface area (Å²) in [4.78, 5) is 11.9. The second kappa shape index (κ2) is 8.51. The van der Waals surface area contributed by atoms with Crippen molar-refractivity contribution in [1.82, 2.24) is 0 Å². The summed E-state index contributed by atoms with van der Waals surface area (Å²) in [5.74, 6) is -0.358. The number of benzene rings is 2. The molecule has 0 aliphatic carbocycles. The van der Waals surface area contributed by atoms with Crippen LogP contribution >= 0.6 is 23.2 Å². The number of rotatable bonds is 7. The van der Waals surface area contributed by atoms with E-state index in [0.717, 1.165) is 5.56 Å². The molecule has 1 N–H and O–H groups in total. The molecule has 0 unspecified atom stereocenters. The topological polar surface area (TPSA) is 63.2 Å². The van der Waals surface area contributed by atoms with Crippen LogP contribution < -0.4 is 5.32 Å². The molecule has 0 spiro atoms. The summed E-state index contributed by atoms with van der Waals surface area (Å²) in [5.41, 5.74) is 1.16. The highest BCUT2D eigenvalue weighted by atomic mass is 35.5. The van der Waals surface area contributed by atoms with E-state index in [1.807, 2.05) is 6.07 Å². The molecule has 0 saturated carbocycles. The number of hydrogen-bond donors (Lipinski definition) is 1. The van der Waals surface area contributed by atoms with Gasteiger partial charge in [0.2, 0.25) is 5.91 Å². The van der Waals surface area contributed by atoms with Crippen molar-refractivity contribution in [3.63, 3.8) is 0 Å². The van der Waals surface area contributed by atoms with E-state index in [2.05, 4.69) is 5.32 Å². The van der Waals surface area contributed by atoms with Crippen LogP contribution in [-0.2, 0) is 20.4 Å². The SMILES string of the molecule is O=C(CCCS(=O)(=O)Cc1ccccc1)Nc1cccc(Cl)c1Cl. The standard InChI is InChI=1S/C17H17Cl2NO3S/c18-14-8-4-9-15(17(14)19)20-16(21)10-5-11-24(22,23)12-13-6-2-1-3-7-13/h1-4,6-9H,5,10-12H2,(H,20,21). The van der Waals surface area contributed by atoms with Gasteiger partial charge in [-0.15, -0.1) is 0 Å². The van der Waals surface area contributed by atoms with E-state index in [9.17, 15) is 13.2 Å². The van der Waals surface area contributed by atoms with E-state index >= 15 is 0 Å². The average molecular weight is 386 g/mol. The Morgan fingerprint density at radius 1 is 1.00 bits per heavy atom. The predicted octanol–water partition coefficient (Wildman–Crippen LogP) is 4.33. The van der Waals surface area contributed by atoms with E-state index in [-0.39, 0.29) is 35.3 Å². The molecule has 24 heavy (non-hydrogen) atoms. The highest BCUT2D eigenvalue weighted by Crippen LogP contribution is 2.29. The summed E-state index contributed by atoms with van der Waals surface area (Å²) < 4.78 is 24.1. The van der Waals surface area contributed by atoms with Crippen molar-refractivity contribution in [1.29, 1.82) is 0 Å². The van der Waals surface area contributed by atoms with E-state index in [0.29, 0.717) is 10.7 Å². The van der Waals surface area contributed by atoms with Gasteiger partial charge in [0.1, 0.15) is 0 Å². The van der Waals surface area contributed by atoms with Crippen LogP contribution in [0.1, 0.15) is 18.4 Å². The van der Waals surface area contributed by atoms with Gasteiger partial charge in [-0.05, 0) is 24.1 Å². The zero-order valence-electron chi connectivity index (χ0n) is 12.8. The van der Waals surface area contributed by atoms with Crippen molar-refractivity contribution >= 4 is 44.6 Å². The predicted molar refractivity (Wildman–Crippen MR) is 98.3 cm³/mol. The lowest BCUT2D eigenvalue weighted by atomic mass is 10.2. The Morgan fingerprint density at radius 3 is 2.42 bits per heavy atom. The molecule has 0 atom stereocenters. The van der Waals surface area contributed by atoms with Crippen LogP contribution in [0.4, 0.5) is 5.69 Å². The average Bonchev–Trinajstić information content (AvgIpc) is 2.52. The lowest BCUT2D eigenvalue weighted by Gasteiger charge is -2.08. The third-order valence-electron chi connectivity index (χ3n) is 3.31. The van der Waals surface area contributed by atoms with Gasteiger partial charge in [0, 0.05) is 6.42 Å². The van der Waals surface area contributed by atoms with Gasteiger partial charge in [-0.25, -0.2) is 8.42 Å². The summed E-state index contributed by atoms with van der Waals surface area (Å²) >= 11 is 11.9. The Labute approximate surface area is 151 Å². The van der Waals surface area contributed by atoms with Crippen LogP contribution in [0, 0.1) is 0 Å². The highest BCUT2D eigenvalue weighted by molar-refractivity contribution is 7.90. The quantitative estimate of drug-likeness (QED) is 0.771. The third kappa shape index (κ3) is 5.82. The summed E-state index contributed by atoms with van der Waals surface area (Å²) in [7, 11) is -3.25. The van der Waals surface area contributed by atoms with Crippen LogP contribution in [-0.4, -0.2) is 20.1 Å². The van der Waals surface area contributed by atoms with Crippen molar-refractivity contribution in [2.75, 3.05) is 11.1 Å². The fraction of sp³-hybridized carbons (Fsp3) is 0.235. The van der Waals surface area contributed by atoms with E-state index < -0.39 is 9.84 Å². The van der Waals surface area contributed by atoms with Gasteiger partial charge in [0.15, 0.2) is 9.84 Å². The Morgan fingerprint density at radius 2 is 1.71 bits per heavy atom. The van der Waals surface area contributed by atoms with Crippen LogP contribution in [0.2, 0.25) is 10.0 Å². The number of hydrogen-bond acceptors (Lipinski definition) is 3. The highest BCUT2D eigenvalue weighted by Gasteiger charge is 2.14. The molecule has 0 aliphatic rings. The maximum atomic E-state index is 12.1. The lowest BCUT2D eigenvalue weighted by molar-refractivity contribution is -0.116. The van der Waals surface area contributed by atoms with Gasteiger partial charge in [-0.2, -0.15) is 0 Å². The van der Waals surface area contributed by atoms with Gasteiger partial charge < -0.3 is 5.32 Å². The molecule has 2 aromatic carbocycles. The van der Waals surface area contributed by atoms with E-state index in [1.54, 1.807) is 42.5 Å². The number of carbonyl (C=O) groups excluding carboxylic acids is 1. The zero-order chi connectivity index (χ0) is 17.6. The molecule has 4 nitrogen and oxygen atoms in total. The fourth-order valence-corrected chi connectivity index (χ4v) is 3.94. The molecular weight excluding hydrogens is 369 g/mol.